The van der Waals surface area contributed by atoms with E-state index in [4.69, 9.17) is 0 Å². The number of nitrogens with one attached hydrogen (secondary N) is 1. The molecule has 0 saturated carbocycles. The second-order valence-corrected chi connectivity index (χ2v) is 6.03. The van der Waals surface area contributed by atoms with E-state index in [0.717, 1.165) is 16.0 Å². The largest absolute Gasteiger partial charge is 0.388 e. The number of aliphatic hydroxyl groups is 1. The Labute approximate surface area is 119 Å². The van der Waals surface area contributed by atoms with E-state index in [1.165, 1.54) is 35.2 Å². The second kappa shape index (κ2) is 6.83. The van der Waals surface area contributed by atoms with Crippen molar-refractivity contribution >= 4 is 28.2 Å². The Bertz CT molecular complexity index is 535. The topological polar surface area (TPSA) is 58.0 Å². The van der Waals surface area contributed by atoms with Crippen LogP contribution in [0.2, 0.25) is 0 Å². The van der Waals surface area contributed by atoms with Crippen LogP contribution in [0.3, 0.4) is 0 Å². The lowest BCUT2D eigenvalue weighted by Gasteiger charge is -2.09. The molecule has 0 bridgehead atoms. The molecule has 1 unspecified atom stereocenters. The highest BCUT2D eigenvalue weighted by molar-refractivity contribution is 8.01. The van der Waals surface area contributed by atoms with E-state index in [-0.39, 0.29) is 5.82 Å². The third-order valence-corrected chi connectivity index (χ3v) is 4.42. The summed E-state index contributed by atoms with van der Waals surface area (Å²) in [6.45, 7) is 2.78. The van der Waals surface area contributed by atoms with Gasteiger partial charge in [0, 0.05) is 12.3 Å². The summed E-state index contributed by atoms with van der Waals surface area (Å²) in [5.74, 6) is 0.0800. The van der Waals surface area contributed by atoms with Crippen molar-refractivity contribution in [3.05, 3.63) is 35.6 Å². The van der Waals surface area contributed by atoms with E-state index in [2.05, 4.69) is 15.5 Å². The van der Waals surface area contributed by atoms with Gasteiger partial charge in [-0.2, -0.15) is 0 Å². The van der Waals surface area contributed by atoms with Crippen LogP contribution in [0.5, 0.6) is 0 Å². The molecule has 0 amide bonds. The average molecular weight is 299 g/mol. The van der Waals surface area contributed by atoms with Crippen molar-refractivity contribution in [3.8, 4) is 0 Å². The average Bonchev–Trinajstić information content (AvgIpc) is 2.84. The van der Waals surface area contributed by atoms with Gasteiger partial charge in [0.1, 0.15) is 5.82 Å². The highest BCUT2D eigenvalue weighted by Gasteiger charge is 2.11. The molecule has 1 atom stereocenters. The van der Waals surface area contributed by atoms with Gasteiger partial charge >= 0.3 is 0 Å². The van der Waals surface area contributed by atoms with Gasteiger partial charge in [-0.05, 0) is 24.6 Å². The Hall–Kier alpha value is -1.18. The maximum atomic E-state index is 13.0. The van der Waals surface area contributed by atoms with Crippen LogP contribution in [-0.4, -0.2) is 27.6 Å². The lowest BCUT2D eigenvalue weighted by molar-refractivity contribution is 0.203. The molecule has 1 aromatic carbocycles. The predicted molar refractivity (Wildman–Crippen MR) is 76.2 cm³/mol. The number of anilines is 1. The van der Waals surface area contributed by atoms with Crippen LogP contribution in [0.1, 0.15) is 18.6 Å². The zero-order chi connectivity index (χ0) is 13.7. The van der Waals surface area contributed by atoms with Crippen LogP contribution >= 0.6 is 23.1 Å². The van der Waals surface area contributed by atoms with E-state index in [1.54, 1.807) is 12.1 Å². The number of nitrogens with zero attached hydrogens (tertiary/aromatic N) is 2. The molecule has 0 spiro atoms. The SMILES string of the molecule is CCNc1nnc(SCC(O)c2cccc(F)c2)s1. The molecule has 0 radical (unpaired) electrons. The van der Waals surface area contributed by atoms with Gasteiger partial charge in [-0.15, -0.1) is 10.2 Å². The Morgan fingerprint density at radius 1 is 1.47 bits per heavy atom. The first-order valence-corrected chi connectivity index (χ1v) is 7.63. The van der Waals surface area contributed by atoms with E-state index in [0.29, 0.717) is 11.3 Å². The highest BCUT2D eigenvalue weighted by atomic mass is 32.2. The Morgan fingerprint density at radius 2 is 2.32 bits per heavy atom. The molecule has 1 heterocycles. The van der Waals surface area contributed by atoms with Crippen molar-refractivity contribution in [2.45, 2.75) is 17.4 Å². The van der Waals surface area contributed by atoms with E-state index < -0.39 is 6.10 Å². The molecule has 2 aromatic rings. The molecule has 102 valence electrons. The fourth-order valence-electron chi connectivity index (χ4n) is 1.45. The van der Waals surface area contributed by atoms with Crippen LogP contribution in [0.25, 0.3) is 0 Å². The van der Waals surface area contributed by atoms with E-state index in [9.17, 15) is 9.50 Å². The quantitative estimate of drug-likeness (QED) is 0.803. The minimum absolute atomic E-state index is 0.341. The summed E-state index contributed by atoms with van der Waals surface area (Å²) >= 11 is 2.85. The number of hydrogen-bond acceptors (Lipinski definition) is 6. The van der Waals surface area contributed by atoms with Crippen LogP contribution in [-0.2, 0) is 0 Å². The molecule has 0 aliphatic heterocycles. The molecule has 7 heteroatoms. The molecule has 0 aliphatic carbocycles. The lowest BCUT2D eigenvalue weighted by Crippen LogP contribution is -2.00. The Kier molecular flexibility index (Phi) is 5.12. The van der Waals surface area contributed by atoms with Gasteiger partial charge in [-0.1, -0.05) is 35.2 Å². The van der Waals surface area contributed by atoms with Crippen LogP contribution in [0.15, 0.2) is 28.6 Å². The van der Waals surface area contributed by atoms with Crippen molar-refractivity contribution in [1.29, 1.82) is 0 Å². The number of aliphatic hydroxyl groups excluding tert-OH is 1. The number of rotatable bonds is 6. The summed E-state index contributed by atoms with van der Waals surface area (Å²) in [6, 6.07) is 6.00. The molecule has 4 nitrogen and oxygen atoms in total. The first-order valence-electron chi connectivity index (χ1n) is 5.82. The number of thioether (sulfide) groups is 1. The summed E-state index contributed by atoms with van der Waals surface area (Å²) in [7, 11) is 0. The second-order valence-electron chi connectivity index (χ2n) is 3.79. The summed E-state index contributed by atoms with van der Waals surface area (Å²) in [5, 5.41) is 21.8. The molecule has 0 saturated heterocycles. The van der Waals surface area contributed by atoms with Gasteiger partial charge in [0.2, 0.25) is 5.13 Å². The highest BCUT2D eigenvalue weighted by Crippen LogP contribution is 2.29. The number of benzene rings is 1. The molecule has 19 heavy (non-hydrogen) atoms. The summed E-state index contributed by atoms with van der Waals surface area (Å²) < 4.78 is 13.8. The molecular formula is C12H14FN3OS2. The van der Waals surface area contributed by atoms with Crippen LogP contribution < -0.4 is 5.32 Å². The Balaban J connectivity index is 1.90. The Morgan fingerprint density at radius 3 is 3.05 bits per heavy atom. The van der Waals surface area contributed by atoms with Crippen molar-refractivity contribution in [3.63, 3.8) is 0 Å². The third-order valence-electron chi connectivity index (χ3n) is 2.33. The summed E-state index contributed by atoms with van der Waals surface area (Å²) in [4.78, 5) is 0. The minimum atomic E-state index is -0.716. The van der Waals surface area contributed by atoms with Crippen molar-refractivity contribution in [2.75, 3.05) is 17.6 Å². The van der Waals surface area contributed by atoms with Gasteiger partial charge in [0.25, 0.3) is 0 Å². The number of aromatic nitrogens is 2. The van der Waals surface area contributed by atoms with Gasteiger partial charge in [-0.3, -0.25) is 0 Å². The molecule has 2 rings (SSSR count). The van der Waals surface area contributed by atoms with E-state index >= 15 is 0 Å². The zero-order valence-corrected chi connectivity index (χ0v) is 12.0. The standard InChI is InChI=1S/C12H14FN3OS2/c1-2-14-11-15-16-12(19-11)18-7-10(17)8-4-3-5-9(13)6-8/h3-6,10,17H,2,7H2,1H3,(H,14,15). The maximum absolute atomic E-state index is 13.0. The van der Waals surface area contributed by atoms with Crippen molar-refractivity contribution < 1.29 is 9.50 Å². The van der Waals surface area contributed by atoms with Gasteiger partial charge in [0.05, 0.1) is 6.10 Å². The smallest absolute Gasteiger partial charge is 0.206 e. The fourth-order valence-corrected chi connectivity index (χ4v) is 3.26. The molecule has 1 aromatic heterocycles. The summed E-state index contributed by atoms with van der Waals surface area (Å²) in [5.41, 5.74) is 0.573. The molecule has 0 aliphatic rings. The number of halogens is 1. The molecule has 0 fully saturated rings. The first kappa shape index (κ1) is 14.2. The van der Waals surface area contributed by atoms with Crippen molar-refractivity contribution in [2.24, 2.45) is 0 Å². The van der Waals surface area contributed by atoms with Gasteiger partial charge < -0.3 is 10.4 Å². The summed E-state index contributed by atoms with van der Waals surface area (Å²) in [6.07, 6.45) is -0.716. The monoisotopic (exact) mass is 299 g/mol. The lowest BCUT2D eigenvalue weighted by atomic mass is 10.1. The van der Waals surface area contributed by atoms with Crippen LogP contribution in [0, 0.1) is 5.82 Å². The molecular weight excluding hydrogens is 285 g/mol. The predicted octanol–water partition coefficient (Wildman–Crippen LogP) is 2.93. The normalized spacial score (nSPS) is 12.4. The first-order chi connectivity index (χ1) is 9.19. The van der Waals surface area contributed by atoms with Crippen LogP contribution in [0.4, 0.5) is 9.52 Å². The number of hydrogen-bond donors (Lipinski definition) is 2. The zero-order valence-electron chi connectivity index (χ0n) is 10.3. The van der Waals surface area contributed by atoms with Gasteiger partial charge in [0.15, 0.2) is 4.34 Å². The minimum Gasteiger partial charge on any atom is -0.388 e. The van der Waals surface area contributed by atoms with Crippen molar-refractivity contribution in [1.82, 2.24) is 10.2 Å². The maximum Gasteiger partial charge on any atom is 0.206 e. The third kappa shape index (κ3) is 4.15. The molecule has 2 N–H and O–H groups in total. The van der Waals surface area contributed by atoms with E-state index in [1.807, 2.05) is 6.92 Å². The van der Waals surface area contributed by atoms with Gasteiger partial charge in [-0.25, -0.2) is 4.39 Å². The fraction of sp³-hybridized carbons (Fsp3) is 0.333.